The van der Waals surface area contributed by atoms with Crippen molar-refractivity contribution in [2.24, 2.45) is 17.8 Å². The van der Waals surface area contributed by atoms with Crippen molar-refractivity contribution in [1.82, 2.24) is 15.5 Å². The number of H-pyrrole nitrogens is 1. The molecule has 1 aromatic rings. The van der Waals surface area contributed by atoms with Crippen molar-refractivity contribution in [2.75, 3.05) is 0 Å². The molecule has 0 spiro atoms. The molecule has 7 nitrogen and oxygen atoms in total. The highest BCUT2D eigenvalue weighted by molar-refractivity contribution is 5.97. The van der Waals surface area contributed by atoms with Crippen LogP contribution in [0.5, 0.6) is 0 Å². The second-order valence-electron chi connectivity index (χ2n) is 7.81. The molecular formula is C20H26N4O3. The van der Waals surface area contributed by atoms with E-state index in [0.717, 1.165) is 32.1 Å². The molecule has 2 fully saturated rings. The molecule has 144 valence electrons. The number of carbonyl (C=O) groups is 3. The molecule has 1 aromatic heterocycles. The van der Waals surface area contributed by atoms with Gasteiger partial charge in [-0.3, -0.25) is 19.5 Å². The quantitative estimate of drug-likeness (QED) is 0.648. The van der Waals surface area contributed by atoms with Gasteiger partial charge in [0.2, 0.25) is 5.91 Å². The zero-order valence-electron chi connectivity index (χ0n) is 15.4. The van der Waals surface area contributed by atoms with Crippen LogP contribution in [0.15, 0.2) is 12.3 Å². The first-order valence-electron chi connectivity index (χ1n) is 9.82. The molecule has 0 bridgehead atoms. The molecule has 0 aromatic carbocycles. The van der Waals surface area contributed by atoms with Crippen molar-refractivity contribution in [3.63, 3.8) is 0 Å². The molecule has 2 aliphatic carbocycles. The Labute approximate surface area is 158 Å². The lowest BCUT2D eigenvalue weighted by Crippen LogP contribution is -2.41. The Kier molecular flexibility index (Phi) is 6.38. The van der Waals surface area contributed by atoms with Gasteiger partial charge in [0.25, 0.3) is 0 Å². The number of hydrogen-bond acceptors (Lipinski definition) is 5. The Balaban J connectivity index is 1.59. The molecule has 0 aliphatic heterocycles. The first kappa shape index (κ1) is 19.3. The average Bonchev–Trinajstić information content (AvgIpc) is 3.30. The highest BCUT2D eigenvalue weighted by atomic mass is 16.2. The third kappa shape index (κ3) is 5.49. The highest BCUT2D eigenvalue weighted by Gasteiger charge is 2.33. The number of aromatic amines is 1. The number of hydrogen-bond donors (Lipinski definition) is 2. The average molecular weight is 370 g/mol. The monoisotopic (exact) mass is 370 g/mol. The fourth-order valence-electron chi connectivity index (χ4n) is 3.81. The maximum absolute atomic E-state index is 12.8. The van der Waals surface area contributed by atoms with E-state index in [2.05, 4.69) is 21.6 Å². The van der Waals surface area contributed by atoms with Crippen LogP contribution >= 0.6 is 0 Å². The van der Waals surface area contributed by atoms with E-state index >= 15 is 0 Å². The first-order chi connectivity index (χ1) is 13.1. The number of aromatic nitrogens is 2. The van der Waals surface area contributed by atoms with Gasteiger partial charge in [0.1, 0.15) is 17.5 Å². The first-order valence-corrected chi connectivity index (χ1v) is 9.82. The van der Waals surface area contributed by atoms with Gasteiger partial charge in [-0.05, 0) is 37.7 Å². The van der Waals surface area contributed by atoms with Crippen LogP contribution in [0.25, 0.3) is 0 Å². The Bertz CT molecular complexity index is 718. The maximum atomic E-state index is 12.8. The molecule has 2 N–H and O–H groups in total. The molecule has 3 atom stereocenters. The van der Waals surface area contributed by atoms with Crippen molar-refractivity contribution in [3.05, 3.63) is 18.0 Å². The van der Waals surface area contributed by atoms with E-state index in [9.17, 15) is 19.6 Å². The summed E-state index contributed by atoms with van der Waals surface area (Å²) in [5, 5.41) is 18.7. The zero-order chi connectivity index (χ0) is 19.2. The minimum atomic E-state index is -0.687. The summed E-state index contributed by atoms with van der Waals surface area (Å²) in [5.74, 6) is -0.326. The number of carbonyl (C=O) groups excluding carboxylic acids is 3. The van der Waals surface area contributed by atoms with Gasteiger partial charge in [-0.2, -0.15) is 10.4 Å². The van der Waals surface area contributed by atoms with Crippen molar-refractivity contribution in [2.45, 2.75) is 63.8 Å². The van der Waals surface area contributed by atoms with Crippen LogP contribution in [0.1, 0.15) is 68.3 Å². The number of ketones is 2. The normalized spacial score (nSPS) is 21.9. The molecular weight excluding hydrogens is 344 g/mol. The number of rotatable bonds is 9. The van der Waals surface area contributed by atoms with E-state index in [1.807, 2.05) is 0 Å². The van der Waals surface area contributed by atoms with E-state index in [4.69, 9.17) is 0 Å². The standard InChI is InChI=1S/C20H26N4O3/c21-12-16(10-14-3-1-2-4-18(14)25)23-20(27)15(9-13-5-6-13)11-19(26)17-7-8-22-24-17/h7-8,13-16H,1-6,9-11H2,(H,22,24)(H,23,27)/t14-,15+,16-/m0/s1. The summed E-state index contributed by atoms with van der Waals surface area (Å²) >= 11 is 0. The van der Waals surface area contributed by atoms with Crippen LogP contribution in [-0.4, -0.2) is 33.7 Å². The molecule has 0 radical (unpaired) electrons. The number of Topliss-reactive ketones (excluding diaryl/α,β-unsaturated/α-hetero) is 2. The summed E-state index contributed by atoms with van der Waals surface area (Å²) in [7, 11) is 0. The van der Waals surface area contributed by atoms with Crippen LogP contribution < -0.4 is 5.32 Å². The molecule has 0 saturated heterocycles. The molecule has 2 saturated carbocycles. The molecule has 7 heteroatoms. The van der Waals surface area contributed by atoms with E-state index in [1.165, 1.54) is 6.20 Å². The summed E-state index contributed by atoms with van der Waals surface area (Å²) in [5.41, 5.74) is 0.397. The minimum absolute atomic E-state index is 0.102. The largest absolute Gasteiger partial charge is 0.340 e. The van der Waals surface area contributed by atoms with Crippen LogP contribution in [0.3, 0.4) is 0 Å². The number of amides is 1. The second-order valence-corrected chi connectivity index (χ2v) is 7.81. The highest BCUT2D eigenvalue weighted by Crippen LogP contribution is 2.36. The molecule has 2 aliphatic rings. The van der Waals surface area contributed by atoms with Crippen LogP contribution in [0.2, 0.25) is 0 Å². The van der Waals surface area contributed by atoms with Gasteiger partial charge in [0, 0.05) is 30.9 Å². The van der Waals surface area contributed by atoms with Crippen molar-refractivity contribution < 1.29 is 14.4 Å². The summed E-state index contributed by atoms with van der Waals surface area (Å²) in [6, 6.07) is 3.03. The summed E-state index contributed by atoms with van der Waals surface area (Å²) in [6.07, 6.45) is 8.07. The van der Waals surface area contributed by atoms with Crippen LogP contribution in [-0.2, 0) is 9.59 Å². The molecule has 1 amide bonds. The predicted molar refractivity (Wildman–Crippen MR) is 97.5 cm³/mol. The molecule has 3 rings (SSSR count). The number of nitrogens with one attached hydrogen (secondary N) is 2. The molecule has 1 heterocycles. The van der Waals surface area contributed by atoms with Gasteiger partial charge in [-0.25, -0.2) is 0 Å². The lowest BCUT2D eigenvalue weighted by atomic mass is 9.83. The number of nitrogens with zero attached hydrogens (tertiary/aromatic N) is 2. The van der Waals surface area contributed by atoms with Crippen molar-refractivity contribution in [1.29, 1.82) is 5.26 Å². The third-order valence-corrected chi connectivity index (χ3v) is 5.59. The topological polar surface area (TPSA) is 116 Å². The predicted octanol–water partition coefficient (Wildman–Crippen LogP) is 2.56. The lowest BCUT2D eigenvalue weighted by Gasteiger charge is -2.24. The smallest absolute Gasteiger partial charge is 0.224 e. The van der Waals surface area contributed by atoms with E-state index in [1.54, 1.807) is 6.07 Å². The Morgan fingerprint density at radius 3 is 2.74 bits per heavy atom. The van der Waals surface area contributed by atoms with Gasteiger partial charge in [-0.15, -0.1) is 0 Å². The summed E-state index contributed by atoms with van der Waals surface area (Å²) < 4.78 is 0. The molecule has 27 heavy (non-hydrogen) atoms. The van der Waals surface area contributed by atoms with Gasteiger partial charge in [-0.1, -0.05) is 19.3 Å². The van der Waals surface area contributed by atoms with Crippen molar-refractivity contribution >= 4 is 17.5 Å². The van der Waals surface area contributed by atoms with Gasteiger partial charge >= 0.3 is 0 Å². The SMILES string of the molecule is N#C[C@H](C[C@@H]1CCCCC1=O)NC(=O)[C@@H](CC(=O)c1ccn[nH]1)CC1CC1. The summed E-state index contributed by atoms with van der Waals surface area (Å²) in [4.78, 5) is 37.2. The van der Waals surface area contributed by atoms with E-state index in [-0.39, 0.29) is 29.8 Å². The second kappa shape index (κ2) is 8.94. The molecule has 0 unspecified atom stereocenters. The minimum Gasteiger partial charge on any atom is -0.340 e. The van der Waals surface area contributed by atoms with Crippen LogP contribution in [0, 0.1) is 29.1 Å². The van der Waals surface area contributed by atoms with Crippen molar-refractivity contribution in [3.8, 4) is 6.07 Å². The van der Waals surface area contributed by atoms with Crippen LogP contribution in [0.4, 0.5) is 0 Å². The maximum Gasteiger partial charge on any atom is 0.224 e. The third-order valence-electron chi connectivity index (χ3n) is 5.59. The van der Waals surface area contributed by atoms with Gasteiger partial charge < -0.3 is 5.32 Å². The Hall–Kier alpha value is -2.49. The van der Waals surface area contributed by atoms with Gasteiger partial charge in [0.15, 0.2) is 5.78 Å². The zero-order valence-corrected chi connectivity index (χ0v) is 15.4. The van der Waals surface area contributed by atoms with Gasteiger partial charge in [0.05, 0.1) is 6.07 Å². The fourth-order valence-corrected chi connectivity index (χ4v) is 3.81. The lowest BCUT2D eigenvalue weighted by molar-refractivity contribution is -0.127. The Morgan fingerprint density at radius 2 is 2.11 bits per heavy atom. The fraction of sp³-hybridized carbons (Fsp3) is 0.650. The summed E-state index contributed by atoms with van der Waals surface area (Å²) in [6.45, 7) is 0. The Morgan fingerprint density at radius 1 is 1.30 bits per heavy atom. The van der Waals surface area contributed by atoms with E-state index < -0.39 is 12.0 Å². The number of nitriles is 1. The van der Waals surface area contributed by atoms with E-state index in [0.29, 0.717) is 30.9 Å².